The maximum absolute atomic E-state index is 12.6. The first-order valence-corrected chi connectivity index (χ1v) is 8.57. The van der Waals surface area contributed by atoms with Crippen molar-refractivity contribution in [2.24, 2.45) is 5.73 Å². The van der Waals surface area contributed by atoms with E-state index in [4.69, 9.17) is 5.73 Å². The first-order valence-electron chi connectivity index (χ1n) is 6.92. The van der Waals surface area contributed by atoms with Gasteiger partial charge < -0.3 is 5.73 Å². The van der Waals surface area contributed by atoms with Crippen LogP contribution in [-0.4, -0.2) is 14.2 Å². The van der Waals surface area contributed by atoms with Gasteiger partial charge in [0.2, 0.25) is 0 Å². The van der Waals surface area contributed by atoms with E-state index in [2.05, 4.69) is 0 Å². The van der Waals surface area contributed by atoms with Crippen LogP contribution in [0, 0.1) is 20.8 Å². The van der Waals surface area contributed by atoms with E-state index in [-0.39, 0.29) is 5.75 Å². The van der Waals surface area contributed by atoms with E-state index < -0.39 is 15.9 Å². The molecular formula is C17H21NO2S. The van der Waals surface area contributed by atoms with Gasteiger partial charge in [0.1, 0.15) is 0 Å². The average Bonchev–Trinajstić information content (AvgIpc) is 2.41. The molecule has 112 valence electrons. The molecule has 0 saturated carbocycles. The monoisotopic (exact) mass is 303 g/mol. The molecule has 0 heterocycles. The maximum Gasteiger partial charge on any atom is 0.180 e. The molecule has 2 rings (SSSR count). The molecule has 2 aromatic rings. The highest BCUT2D eigenvalue weighted by atomic mass is 32.2. The lowest BCUT2D eigenvalue weighted by Crippen LogP contribution is -2.22. The van der Waals surface area contributed by atoms with Crippen LogP contribution in [0.3, 0.4) is 0 Å². The Hall–Kier alpha value is -1.65. The van der Waals surface area contributed by atoms with Crippen LogP contribution in [-0.2, 0) is 9.84 Å². The maximum atomic E-state index is 12.6. The summed E-state index contributed by atoms with van der Waals surface area (Å²) in [7, 11) is -3.40. The standard InChI is InChI=1S/C17H21NO2S/c1-12-5-8-15(9-6-12)16(18)11-21(19,20)17-10-13(2)4-7-14(17)3/h4-10,16H,11,18H2,1-3H3. The van der Waals surface area contributed by atoms with E-state index in [0.717, 1.165) is 22.3 Å². The van der Waals surface area contributed by atoms with Crippen molar-refractivity contribution in [1.29, 1.82) is 0 Å². The number of sulfone groups is 1. The van der Waals surface area contributed by atoms with E-state index in [0.29, 0.717) is 4.90 Å². The predicted molar refractivity (Wildman–Crippen MR) is 86.1 cm³/mol. The molecule has 0 aliphatic heterocycles. The Morgan fingerprint density at radius 2 is 1.52 bits per heavy atom. The Kier molecular flexibility index (Phi) is 4.49. The van der Waals surface area contributed by atoms with Gasteiger partial charge in [0.25, 0.3) is 0 Å². The van der Waals surface area contributed by atoms with Crippen LogP contribution in [0.4, 0.5) is 0 Å². The molecule has 1 unspecified atom stereocenters. The Labute approximate surface area is 126 Å². The van der Waals surface area contributed by atoms with E-state index in [1.54, 1.807) is 6.07 Å². The van der Waals surface area contributed by atoms with Gasteiger partial charge in [-0.1, -0.05) is 42.0 Å². The third-order valence-electron chi connectivity index (χ3n) is 3.58. The number of aryl methyl sites for hydroxylation is 3. The average molecular weight is 303 g/mol. The van der Waals surface area contributed by atoms with Crippen molar-refractivity contribution in [1.82, 2.24) is 0 Å². The van der Waals surface area contributed by atoms with Gasteiger partial charge in [-0.3, -0.25) is 0 Å². The SMILES string of the molecule is Cc1ccc(C(N)CS(=O)(=O)c2cc(C)ccc2C)cc1. The van der Waals surface area contributed by atoms with Crippen LogP contribution in [0.5, 0.6) is 0 Å². The molecule has 1 atom stereocenters. The lowest BCUT2D eigenvalue weighted by atomic mass is 10.1. The molecule has 21 heavy (non-hydrogen) atoms. The highest BCUT2D eigenvalue weighted by Crippen LogP contribution is 2.22. The lowest BCUT2D eigenvalue weighted by molar-refractivity contribution is 0.588. The molecule has 0 radical (unpaired) electrons. The number of nitrogens with two attached hydrogens (primary N) is 1. The van der Waals surface area contributed by atoms with Gasteiger partial charge in [0.15, 0.2) is 9.84 Å². The summed E-state index contributed by atoms with van der Waals surface area (Å²) in [4.78, 5) is 0.380. The largest absolute Gasteiger partial charge is 0.323 e. The van der Waals surface area contributed by atoms with Crippen molar-refractivity contribution >= 4 is 9.84 Å². The minimum Gasteiger partial charge on any atom is -0.323 e. The molecule has 2 N–H and O–H groups in total. The summed E-state index contributed by atoms with van der Waals surface area (Å²) in [5, 5.41) is 0. The van der Waals surface area contributed by atoms with E-state index in [9.17, 15) is 8.42 Å². The second-order valence-corrected chi connectivity index (χ2v) is 7.57. The van der Waals surface area contributed by atoms with E-state index in [1.807, 2.05) is 57.2 Å². The van der Waals surface area contributed by atoms with Crippen molar-refractivity contribution in [3.05, 3.63) is 64.7 Å². The summed E-state index contributed by atoms with van der Waals surface area (Å²) >= 11 is 0. The summed E-state index contributed by atoms with van der Waals surface area (Å²) < 4.78 is 25.2. The number of hydrogen-bond donors (Lipinski definition) is 1. The summed E-state index contributed by atoms with van der Waals surface area (Å²) in [5.74, 6) is -0.0830. The van der Waals surface area contributed by atoms with Gasteiger partial charge in [0.05, 0.1) is 10.6 Å². The molecule has 0 aromatic heterocycles. The number of benzene rings is 2. The van der Waals surface area contributed by atoms with Crippen LogP contribution in [0.2, 0.25) is 0 Å². The molecule has 0 bridgehead atoms. The minimum absolute atomic E-state index is 0.0830. The molecule has 0 amide bonds. The van der Waals surface area contributed by atoms with Crippen LogP contribution >= 0.6 is 0 Å². The van der Waals surface area contributed by atoms with Crippen molar-refractivity contribution < 1.29 is 8.42 Å². The Morgan fingerprint density at radius 1 is 0.952 bits per heavy atom. The third kappa shape index (κ3) is 3.71. The van der Waals surface area contributed by atoms with Gasteiger partial charge in [-0.15, -0.1) is 0 Å². The molecular weight excluding hydrogens is 282 g/mol. The molecule has 3 nitrogen and oxygen atoms in total. The fourth-order valence-corrected chi connectivity index (χ4v) is 4.05. The zero-order chi connectivity index (χ0) is 15.6. The quantitative estimate of drug-likeness (QED) is 0.944. The van der Waals surface area contributed by atoms with Gasteiger partial charge in [0, 0.05) is 6.04 Å². The van der Waals surface area contributed by atoms with Gasteiger partial charge in [-0.25, -0.2) is 8.42 Å². The fourth-order valence-electron chi connectivity index (χ4n) is 2.28. The first-order chi connectivity index (χ1) is 9.79. The summed E-state index contributed by atoms with van der Waals surface area (Å²) in [5.41, 5.74) is 9.74. The molecule has 0 spiro atoms. The van der Waals surface area contributed by atoms with Crippen LogP contribution in [0.15, 0.2) is 47.4 Å². The molecule has 0 saturated heterocycles. The van der Waals surface area contributed by atoms with Gasteiger partial charge >= 0.3 is 0 Å². The van der Waals surface area contributed by atoms with Crippen molar-refractivity contribution in [3.63, 3.8) is 0 Å². The normalized spacial score (nSPS) is 13.1. The molecule has 0 fully saturated rings. The van der Waals surface area contributed by atoms with Crippen LogP contribution in [0.1, 0.15) is 28.3 Å². The smallest absolute Gasteiger partial charge is 0.180 e. The van der Waals surface area contributed by atoms with Crippen molar-refractivity contribution in [2.75, 3.05) is 5.75 Å². The zero-order valence-electron chi connectivity index (χ0n) is 12.6. The lowest BCUT2D eigenvalue weighted by Gasteiger charge is -2.14. The Bertz CT molecular complexity index is 734. The van der Waals surface area contributed by atoms with Crippen molar-refractivity contribution in [2.45, 2.75) is 31.7 Å². The fraction of sp³-hybridized carbons (Fsp3) is 0.294. The Balaban J connectivity index is 2.28. The second-order valence-electron chi connectivity index (χ2n) is 5.57. The summed E-state index contributed by atoms with van der Waals surface area (Å²) in [6.07, 6.45) is 0. The van der Waals surface area contributed by atoms with Gasteiger partial charge in [-0.05, 0) is 43.5 Å². The highest BCUT2D eigenvalue weighted by molar-refractivity contribution is 7.91. The van der Waals surface area contributed by atoms with E-state index in [1.165, 1.54) is 0 Å². The van der Waals surface area contributed by atoms with Crippen LogP contribution in [0.25, 0.3) is 0 Å². The first kappa shape index (κ1) is 15.7. The topological polar surface area (TPSA) is 60.2 Å². The Morgan fingerprint density at radius 3 is 2.14 bits per heavy atom. The molecule has 0 aliphatic carbocycles. The van der Waals surface area contributed by atoms with E-state index >= 15 is 0 Å². The summed E-state index contributed by atoms with van der Waals surface area (Å²) in [6.45, 7) is 5.68. The summed E-state index contributed by atoms with van der Waals surface area (Å²) in [6, 6.07) is 12.6. The third-order valence-corrected chi connectivity index (χ3v) is 5.49. The zero-order valence-corrected chi connectivity index (χ0v) is 13.4. The number of hydrogen-bond acceptors (Lipinski definition) is 3. The number of rotatable bonds is 4. The highest BCUT2D eigenvalue weighted by Gasteiger charge is 2.21. The van der Waals surface area contributed by atoms with Crippen molar-refractivity contribution in [3.8, 4) is 0 Å². The molecule has 0 aliphatic rings. The van der Waals surface area contributed by atoms with Gasteiger partial charge in [-0.2, -0.15) is 0 Å². The molecule has 4 heteroatoms. The van der Waals surface area contributed by atoms with Crippen LogP contribution < -0.4 is 5.73 Å². The second kappa shape index (κ2) is 6.00. The predicted octanol–water partition coefficient (Wildman–Crippen LogP) is 3.09. The minimum atomic E-state index is -3.40. The molecule has 2 aromatic carbocycles.